The molecule has 33 heavy (non-hydrogen) atoms. The standard InChI is InChI=1S/C22H30N6O5/c1-13(10-29)33-18-8-16(23-12-24-18)25-17-7-14-5-6-28(9-15(31)11-30)21(32)19(14)20(26-17)27-22(2,3)4/h5-8,12-13,15,29-31H,9-11H2,1-4H3,(H2,23,24,25,26,27). The van der Waals surface area contributed by atoms with E-state index >= 15 is 0 Å². The van der Waals surface area contributed by atoms with E-state index < -0.39 is 18.8 Å². The topological polar surface area (TPSA) is 155 Å². The number of nitrogens with zero attached hydrogens (tertiary/aromatic N) is 4. The van der Waals surface area contributed by atoms with E-state index in [1.54, 1.807) is 31.3 Å². The third-order valence-corrected chi connectivity index (χ3v) is 4.55. The van der Waals surface area contributed by atoms with E-state index in [4.69, 9.17) is 9.84 Å². The van der Waals surface area contributed by atoms with Crippen LogP contribution < -0.4 is 20.9 Å². The molecule has 11 nitrogen and oxygen atoms in total. The normalized spacial score (nSPS) is 13.5. The molecule has 0 amide bonds. The van der Waals surface area contributed by atoms with Crippen LogP contribution in [0.1, 0.15) is 27.7 Å². The number of ether oxygens (including phenoxy) is 1. The van der Waals surface area contributed by atoms with Crippen LogP contribution in [0.2, 0.25) is 0 Å². The molecule has 0 spiro atoms. The predicted octanol–water partition coefficient (Wildman–Crippen LogP) is 1.25. The average molecular weight is 459 g/mol. The molecule has 0 saturated heterocycles. The van der Waals surface area contributed by atoms with Crippen molar-refractivity contribution in [1.29, 1.82) is 0 Å². The lowest BCUT2D eigenvalue weighted by atomic mass is 10.1. The Balaban J connectivity index is 2.03. The molecule has 0 aliphatic heterocycles. The zero-order valence-electron chi connectivity index (χ0n) is 19.1. The van der Waals surface area contributed by atoms with Gasteiger partial charge < -0.3 is 35.3 Å². The zero-order chi connectivity index (χ0) is 24.2. The highest BCUT2D eigenvalue weighted by Crippen LogP contribution is 2.26. The van der Waals surface area contributed by atoms with Crippen LogP contribution >= 0.6 is 0 Å². The van der Waals surface area contributed by atoms with Gasteiger partial charge in [-0.2, -0.15) is 0 Å². The fourth-order valence-electron chi connectivity index (χ4n) is 3.09. The molecule has 2 unspecified atom stereocenters. The third kappa shape index (κ3) is 6.37. The van der Waals surface area contributed by atoms with Crippen molar-refractivity contribution < 1.29 is 20.1 Å². The van der Waals surface area contributed by atoms with E-state index in [-0.39, 0.29) is 24.2 Å². The number of nitrogens with one attached hydrogen (secondary N) is 2. The summed E-state index contributed by atoms with van der Waals surface area (Å²) in [5.74, 6) is 1.55. The zero-order valence-corrected chi connectivity index (χ0v) is 19.1. The van der Waals surface area contributed by atoms with E-state index in [0.717, 1.165) is 0 Å². The summed E-state index contributed by atoms with van der Waals surface area (Å²) in [5, 5.41) is 35.5. The van der Waals surface area contributed by atoms with Crippen LogP contribution in [-0.4, -0.2) is 65.8 Å². The van der Waals surface area contributed by atoms with Gasteiger partial charge in [-0.25, -0.2) is 15.0 Å². The Morgan fingerprint density at radius 3 is 2.58 bits per heavy atom. The Hall–Kier alpha value is -3.28. The average Bonchev–Trinajstić information content (AvgIpc) is 2.74. The van der Waals surface area contributed by atoms with Crippen LogP contribution in [0.3, 0.4) is 0 Å². The molecule has 5 N–H and O–H groups in total. The first kappa shape index (κ1) is 24.4. The molecular weight excluding hydrogens is 428 g/mol. The molecule has 178 valence electrons. The summed E-state index contributed by atoms with van der Waals surface area (Å²) >= 11 is 0. The molecule has 11 heteroatoms. The summed E-state index contributed by atoms with van der Waals surface area (Å²) in [6, 6.07) is 5.05. The van der Waals surface area contributed by atoms with Crippen molar-refractivity contribution >= 4 is 28.2 Å². The number of aliphatic hydroxyl groups is 3. The number of rotatable bonds is 9. The second kappa shape index (κ2) is 10.1. The molecule has 3 aromatic rings. The van der Waals surface area contributed by atoms with Crippen molar-refractivity contribution in [3.63, 3.8) is 0 Å². The summed E-state index contributed by atoms with van der Waals surface area (Å²) in [4.78, 5) is 26.0. The lowest BCUT2D eigenvalue weighted by molar-refractivity contribution is 0.0805. The Morgan fingerprint density at radius 2 is 1.91 bits per heavy atom. The SMILES string of the molecule is CC(CO)Oc1cc(Nc2cc3ccn(CC(O)CO)c(=O)c3c(NC(C)(C)C)n2)ncn1. The van der Waals surface area contributed by atoms with E-state index in [2.05, 4.69) is 25.6 Å². The maximum atomic E-state index is 13.1. The molecular formula is C22H30N6O5. The number of hydrogen-bond acceptors (Lipinski definition) is 10. The first-order valence-corrected chi connectivity index (χ1v) is 10.6. The van der Waals surface area contributed by atoms with E-state index in [9.17, 15) is 15.0 Å². The van der Waals surface area contributed by atoms with Crippen molar-refractivity contribution in [1.82, 2.24) is 19.5 Å². The Bertz CT molecular complexity index is 1160. The predicted molar refractivity (Wildman–Crippen MR) is 125 cm³/mol. The van der Waals surface area contributed by atoms with Crippen molar-refractivity contribution in [2.75, 3.05) is 23.8 Å². The van der Waals surface area contributed by atoms with Crippen LogP contribution in [0.15, 0.2) is 35.5 Å². The summed E-state index contributed by atoms with van der Waals surface area (Å²) in [6.07, 6.45) is 1.44. The molecule has 0 radical (unpaired) electrons. The summed E-state index contributed by atoms with van der Waals surface area (Å²) in [6.45, 7) is 6.96. The first-order valence-electron chi connectivity index (χ1n) is 10.6. The van der Waals surface area contributed by atoms with Gasteiger partial charge in [-0.1, -0.05) is 0 Å². The highest BCUT2D eigenvalue weighted by Gasteiger charge is 2.18. The maximum absolute atomic E-state index is 13.1. The minimum Gasteiger partial charge on any atom is -0.472 e. The van der Waals surface area contributed by atoms with Crippen molar-refractivity contribution in [2.24, 2.45) is 0 Å². The molecule has 0 aliphatic carbocycles. The molecule has 3 aromatic heterocycles. The summed E-state index contributed by atoms with van der Waals surface area (Å²) in [7, 11) is 0. The van der Waals surface area contributed by atoms with Crippen LogP contribution in [0.25, 0.3) is 10.8 Å². The monoisotopic (exact) mass is 458 g/mol. The fourth-order valence-corrected chi connectivity index (χ4v) is 3.09. The van der Waals surface area contributed by atoms with Crippen molar-refractivity contribution in [2.45, 2.75) is 52.0 Å². The van der Waals surface area contributed by atoms with Gasteiger partial charge in [0.25, 0.3) is 5.56 Å². The van der Waals surface area contributed by atoms with Gasteiger partial charge in [-0.3, -0.25) is 4.79 Å². The molecule has 0 fully saturated rings. The van der Waals surface area contributed by atoms with E-state index in [1.807, 2.05) is 20.8 Å². The van der Waals surface area contributed by atoms with Gasteiger partial charge in [0.2, 0.25) is 5.88 Å². The van der Waals surface area contributed by atoms with E-state index in [1.165, 1.54) is 10.9 Å². The van der Waals surface area contributed by atoms with Crippen molar-refractivity contribution in [3.05, 3.63) is 41.1 Å². The van der Waals surface area contributed by atoms with Gasteiger partial charge in [-0.15, -0.1) is 0 Å². The lowest BCUT2D eigenvalue weighted by Crippen LogP contribution is -2.31. The Labute approximate surface area is 191 Å². The van der Waals surface area contributed by atoms with E-state index in [0.29, 0.717) is 34.1 Å². The highest BCUT2D eigenvalue weighted by molar-refractivity contribution is 5.93. The van der Waals surface area contributed by atoms with Gasteiger partial charge in [0, 0.05) is 17.8 Å². The van der Waals surface area contributed by atoms with Crippen LogP contribution in [0.5, 0.6) is 5.88 Å². The molecule has 3 rings (SSSR count). The van der Waals surface area contributed by atoms with Crippen molar-refractivity contribution in [3.8, 4) is 5.88 Å². The minimum atomic E-state index is -1.05. The second-order valence-corrected chi connectivity index (χ2v) is 8.78. The number of pyridine rings is 2. The summed E-state index contributed by atoms with van der Waals surface area (Å²) in [5.41, 5.74) is -0.714. The molecule has 2 atom stereocenters. The minimum absolute atomic E-state index is 0.0315. The van der Waals surface area contributed by atoms with Gasteiger partial charge in [-0.05, 0) is 45.2 Å². The number of fused-ring (bicyclic) bond motifs is 1. The van der Waals surface area contributed by atoms with Gasteiger partial charge in [0.05, 0.1) is 31.2 Å². The quantitative estimate of drug-likeness (QED) is 0.316. The Morgan fingerprint density at radius 1 is 1.15 bits per heavy atom. The number of aromatic nitrogens is 4. The first-order chi connectivity index (χ1) is 15.6. The molecule has 0 saturated carbocycles. The largest absolute Gasteiger partial charge is 0.472 e. The van der Waals surface area contributed by atoms with Crippen LogP contribution in [0.4, 0.5) is 17.5 Å². The number of anilines is 3. The summed E-state index contributed by atoms with van der Waals surface area (Å²) < 4.78 is 6.86. The molecule has 0 aliphatic rings. The van der Waals surface area contributed by atoms with Crippen LogP contribution in [-0.2, 0) is 6.54 Å². The second-order valence-electron chi connectivity index (χ2n) is 8.78. The fraction of sp³-hybridized carbons (Fsp3) is 0.455. The van der Waals surface area contributed by atoms with Gasteiger partial charge >= 0.3 is 0 Å². The number of hydrogen-bond donors (Lipinski definition) is 5. The van der Waals surface area contributed by atoms with Crippen LogP contribution in [0, 0.1) is 0 Å². The molecule has 3 heterocycles. The lowest BCUT2D eigenvalue weighted by Gasteiger charge is -2.23. The molecule has 0 aromatic carbocycles. The molecule has 0 bridgehead atoms. The number of aliphatic hydroxyl groups excluding tert-OH is 3. The highest BCUT2D eigenvalue weighted by atomic mass is 16.5. The third-order valence-electron chi connectivity index (χ3n) is 4.55. The Kier molecular flexibility index (Phi) is 7.46. The maximum Gasteiger partial charge on any atom is 0.262 e. The smallest absolute Gasteiger partial charge is 0.262 e. The van der Waals surface area contributed by atoms with Gasteiger partial charge in [0.1, 0.15) is 29.9 Å². The van der Waals surface area contributed by atoms with Gasteiger partial charge in [0.15, 0.2) is 0 Å².